The van der Waals surface area contributed by atoms with E-state index in [0.29, 0.717) is 24.5 Å². The summed E-state index contributed by atoms with van der Waals surface area (Å²) in [6.45, 7) is 1.88. The summed E-state index contributed by atoms with van der Waals surface area (Å²) in [6.07, 6.45) is 1.62. The van der Waals surface area contributed by atoms with Crippen LogP contribution in [0.2, 0.25) is 0 Å². The van der Waals surface area contributed by atoms with E-state index in [1.54, 1.807) is 6.26 Å². The third-order valence-electron chi connectivity index (χ3n) is 3.74. The van der Waals surface area contributed by atoms with Gasteiger partial charge < -0.3 is 20.0 Å². The molecule has 0 unspecified atom stereocenters. The predicted octanol–water partition coefficient (Wildman–Crippen LogP) is 0.564. The number of anilines is 2. The van der Waals surface area contributed by atoms with E-state index in [1.807, 2.05) is 50.1 Å². The number of nitrogens with one attached hydrogen (secondary N) is 2. The van der Waals surface area contributed by atoms with E-state index >= 15 is 0 Å². The topological polar surface area (TPSA) is 77.8 Å². The van der Waals surface area contributed by atoms with Crippen molar-refractivity contribution in [1.29, 1.82) is 0 Å². The molecule has 7 nitrogen and oxygen atoms in total. The first kappa shape index (κ1) is 17.2. The Balaban J connectivity index is 2.01. The highest BCUT2D eigenvalue weighted by molar-refractivity contribution is 5.74. The van der Waals surface area contributed by atoms with Gasteiger partial charge in [0, 0.05) is 19.6 Å². The summed E-state index contributed by atoms with van der Waals surface area (Å²) in [4.78, 5) is 27.5. The minimum absolute atomic E-state index is 0.0240. The molecule has 2 rings (SSSR count). The van der Waals surface area contributed by atoms with Gasteiger partial charge in [0.1, 0.15) is 17.1 Å². The summed E-state index contributed by atoms with van der Waals surface area (Å²) < 4.78 is 5.44. The molecular formula is C16H24N4O3. The van der Waals surface area contributed by atoms with Crippen LogP contribution in [0.1, 0.15) is 11.8 Å². The lowest BCUT2D eigenvalue weighted by Gasteiger charge is -2.24. The minimum atomic E-state index is -0.464. The molecule has 1 aromatic heterocycles. The van der Waals surface area contributed by atoms with Gasteiger partial charge in [-0.05, 0) is 40.3 Å². The van der Waals surface area contributed by atoms with E-state index in [2.05, 4.69) is 10.6 Å². The maximum Gasteiger partial charge on any atom is 0.253 e. The van der Waals surface area contributed by atoms with E-state index in [9.17, 15) is 9.59 Å². The number of hydrogen-bond donors (Lipinski definition) is 2. The highest BCUT2D eigenvalue weighted by Gasteiger charge is 2.23. The molecule has 0 saturated heterocycles. The molecule has 1 aromatic carbocycles. The van der Waals surface area contributed by atoms with Gasteiger partial charge in [-0.2, -0.15) is 0 Å². The summed E-state index contributed by atoms with van der Waals surface area (Å²) in [7, 11) is 7.78. The molecule has 2 N–H and O–H groups in total. The van der Waals surface area contributed by atoms with E-state index in [0.717, 1.165) is 12.3 Å². The van der Waals surface area contributed by atoms with Crippen molar-refractivity contribution >= 4 is 11.4 Å². The normalized spacial score (nSPS) is 13.0. The average Bonchev–Trinajstić information content (AvgIpc) is 3.01. The highest BCUT2D eigenvalue weighted by Crippen LogP contribution is 2.21. The van der Waals surface area contributed by atoms with Crippen molar-refractivity contribution in [3.05, 3.63) is 44.6 Å². The van der Waals surface area contributed by atoms with Gasteiger partial charge in [0.05, 0.1) is 12.3 Å². The lowest BCUT2D eigenvalue weighted by Crippen LogP contribution is -2.40. The molecule has 0 spiro atoms. The molecule has 0 aliphatic rings. The Morgan fingerprint density at radius 1 is 1.09 bits per heavy atom. The third-order valence-corrected chi connectivity index (χ3v) is 3.74. The van der Waals surface area contributed by atoms with Gasteiger partial charge in [-0.3, -0.25) is 14.5 Å². The molecule has 23 heavy (non-hydrogen) atoms. The standard InChI is InChI=1S/C16H24N4O3/c1-19(2)8-7-17-13-14(16(22)15(13)21)18-10-11(20(3)4)12-6-5-9-23-12/h5-6,9,11,17-18H,7-8,10H2,1-4H3/t11-/m0/s1. The zero-order valence-corrected chi connectivity index (χ0v) is 14.0. The number of hydrogen-bond acceptors (Lipinski definition) is 7. The van der Waals surface area contributed by atoms with Gasteiger partial charge in [0.15, 0.2) is 0 Å². The Bertz CT molecular complexity index is 685. The van der Waals surface area contributed by atoms with Crippen molar-refractivity contribution in [2.24, 2.45) is 0 Å². The van der Waals surface area contributed by atoms with Crippen LogP contribution in [0, 0.1) is 0 Å². The molecule has 0 amide bonds. The SMILES string of the molecule is CN(C)CCNc1c(NC[C@@H](c2ccco2)N(C)C)c(=O)c1=O. The van der Waals surface area contributed by atoms with Crippen LogP contribution >= 0.6 is 0 Å². The fraction of sp³-hybridized carbons (Fsp3) is 0.500. The molecule has 0 fully saturated rings. The average molecular weight is 320 g/mol. The zero-order valence-electron chi connectivity index (χ0n) is 14.0. The van der Waals surface area contributed by atoms with Gasteiger partial charge in [-0.15, -0.1) is 0 Å². The maximum absolute atomic E-state index is 11.8. The molecule has 126 valence electrons. The van der Waals surface area contributed by atoms with Crippen LogP contribution in [0.5, 0.6) is 0 Å². The Morgan fingerprint density at radius 3 is 2.26 bits per heavy atom. The van der Waals surface area contributed by atoms with Gasteiger partial charge in [-0.25, -0.2) is 0 Å². The largest absolute Gasteiger partial charge is 0.468 e. The van der Waals surface area contributed by atoms with Crippen LogP contribution in [0.15, 0.2) is 32.4 Å². The lowest BCUT2D eigenvalue weighted by molar-refractivity contribution is 0.269. The molecule has 2 aromatic rings. The van der Waals surface area contributed by atoms with Crippen molar-refractivity contribution in [2.45, 2.75) is 6.04 Å². The molecule has 1 atom stereocenters. The predicted molar refractivity (Wildman–Crippen MR) is 92.0 cm³/mol. The van der Waals surface area contributed by atoms with Gasteiger partial charge in [0.2, 0.25) is 0 Å². The number of likely N-dealkylation sites (N-methyl/N-ethyl adjacent to an activating group) is 2. The molecular weight excluding hydrogens is 296 g/mol. The minimum Gasteiger partial charge on any atom is -0.468 e. The highest BCUT2D eigenvalue weighted by atomic mass is 16.3. The van der Waals surface area contributed by atoms with E-state index in [1.165, 1.54) is 0 Å². The fourth-order valence-electron chi connectivity index (χ4n) is 2.35. The second-order valence-electron chi connectivity index (χ2n) is 6.01. The third kappa shape index (κ3) is 4.00. The van der Waals surface area contributed by atoms with Crippen LogP contribution in [-0.4, -0.2) is 57.6 Å². The lowest BCUT2D eigenvalue weighted by atomic mass is 10.1. The van der Waals surface area contributed by atoms with Crippen LogP contribution in [0.4, 0.5) is 11.4 Å². The summed E-state index contributed by atoms with van der Waals surface area (Å²) in [5.41, 5.74) is -0.166. The van der Waals surface area contributed by atoms with E-state index < -0.39 is 10.9 Å². The molecule has 0 radical (unpaired) electrons. The van der Waals surface area contributed by atoms with Gasteiger partial charge in [-0.1, -0.05) is 0 Å². The second kappa shape index (κ2) is 7.43. The first-order valence-corrected chi connectivity index (χ1v) is 7.57. The van der Waals surface area contributed by atoms with Crippen molar-refractivity contribution in [3.63, 3.8) is 0 Å². The molecule has 7 heteroatoms. The van der Waals surface area contributed by atoms with Crippen molar-refractivity contribution in [1.82, 2.24) is 9.80 Å². The Morgan fingerprint density at radius 2 is 1.74 bits per heavy atom. The van der Waals surface area contributed by atoms with Crippen LogP contribution < -0.4 is 21.5 Å². The maximum atomic E-state index is 11.8. The smallest absolute Gasteiger partial charge is 0.253 e. The molecule has 1 heterocycles. The number of rotatable bonds is 9. The number of nitrogens with zero attached hydrogens (tertiary/aromatic N) is 2. The summed E-state index contributed by atoms with van der Waals surface area (Å²) in [5.74, 6) is 0.809. The fourth-order valence-corrected chi connectivity index (χ4v) is 2.35. The van der Waals surface area contributed by atoms with E-state index in [4.69, 9.17) is 4.42 Å². The number of furan rings is 1. The van der Waals surface area contributed by atoms with Crippen LogP contribution in [0.3, 0.4) is 0 Å². The molecule has 0 aliphatic carbocycles. The van der Waals surface area contributed by atoms with Crippen molar-refractivity contribution < 1.29 is 4.42 Å². The molecule has 0 aliphatic heterocycles. The van der Waals surface area contributed by atoms with Crippen LogP contribution in [-0.2, 0) is 0 Å². The zero-order chi connectivity index (χ0) is 17.0. The quantitative estimate of drug-likeness (QED) is 0.654. The second-order valence-corrected chi connectivity index (χ2v) is 6.01. The monoisotopic (exact) mass is 320 g/mol. The van der Waals surface area contributed by atoms with Crippen molar-refractivity contribution in [3.8, 4) is 0 Å². The first-order valence-electron chi connectivity index (χ1n) is 7.57. The summed E-state index contributed by atoms with van der Waals surface area (Å²) >= 11 is 0. The molecule has 0 saturated carbocycles. The van der Waals surface area contributed by atoms with Gasteiger partial charge in [0.25, 0.3) is 10.9 Å². The molecule has 0 bridgehead atoms. The Kier molecular flexibility index (Phi) is 5.57. The van der Waals surface area contributed by atoms with Crippen molar-refractivity contribution in [2.75, 3.05) is 58.5 Å². The summed E-state index contributed by atoms with van der Waals surface area (Å²) in [6, 6.07) is 3.70. The van der Waals surface area contributed by atoms with Gasteiger partial charge >= 0.3 is 0 Å². The Labute approximate surface area is 135 Å². The first-order chi connectivity index (χ1) is 10.9. The Hall–Kier alpha value is -2.12. The van der Waals surface area contributed by atoms with E-state index in [-0.39, 0.29) is 6.04 Å². The van der Waals surface area contributed by atoms with Crippen LogP contribution in [0.25, 0.3) is 0 Å². The summed E-state index contributed by atoms with van der Waals surface area (Å²) in [5, 5.41) is 6.13.